The zero-order chi connectivity index (χ0) is 18.6. The van der Waals surface area contributed by atoms with Crippen molar-refractivity contribution in [2.75, 3.05) is 6.35 Å². The SMILES string of the molecule is CCc1cc(OCP(=O)(O)O)cc(CC)c1Cc1ccc(O)c(C)c1. The zero-order valence-corrected chi connectivity index (χ0v) is 15.7. The van der Waals surface area contributed by atoms with Crippen LogP contribution in [0.5, 0.6) is 11.5 Å². The molecule has 0 spiro atoms. The van der Waals surface area contributed by atoms with Gasteiger partial charge in [-0.2, -0.15) is 0 Å². The largest absolute Gasteiger partial charge is 0.508 e. The van der Waals surface area contributed by atoms with Gasteiger partial charge in [-0.25, -0.2) is 0 Å². The minimum atomic E-state index is -4.20. The first-order valence-electron chi connectivity index (χ1n) is 8.34. The molecular weight excluding hydrogens is 339 g/mol. The molecule has 0 aliphatic carbocycles. The van der Waals surface area contributed by atoms with Crippen LogP contribution in [0.2, 0.25) is 0 Å². The first-order valence-corrected chi connectivity index (χ1v) is 10.1. The maximum Gasteiger partial charge on any atom is 0.362 e. The highest BCUT2D eigenvalue weighted by Gasteiger charge is 2.16. The molecule has 5 nitrogen and oxygen atoms in total. The van der Waals surface area contributed by atoms with Crippen LogP contribution in [0.4, 0.5) is 0 Å². The second kappa shape index (κ2) is 8.05. The predicted molar refractivity (Wildman–Crippen MR) is 98.4 cm³/mol. The van der Waals surface area contributed by atoms with E-state index in [1.165, 1.54) is 5.56 Å². The summed E-state index contributed by atoms with van der Waals surface area (Å²) in [7, 11) is -4.20. The van der Waals surface area contributed by atoms with Crippen molar-refractivity contribution in [1.82, 2.24) is 0 Å². The van der Waals surface area contributed by atoms with Gasteiger partial charge in [-0.15, -0.1) is 0 Å². The van der Waals surface area contributed by atoms with Crippen molar-refractivity contribution in [2.24, 2.45) is 0 Å². The molecule has 3 N–H and O–H groups in total. The molecule has 0 unspecified atom stereocenters. The molecule has 0 radical (unpaired) electrons. The summed E-state index contributed by atoms with van der Waals surface area (Å²) < 4.78 is 16.3. The van der Waals surface area contributed by atoms with E-state index in [-0.39, 0.29) is 5.75 Å². The minimum Gasteiger partial charge on any atom is -0.508 e. The Morgan fingerprint density at radius 1 is 1.04 bits per heavy atom. The van der Waals surface area contributed by atoms with Crippen LogP contribution in [0.25, 0.3) is 0 Å². The van der Waals surface area contributed by atoms with Crippen molar-refractivity contribution in [3.05, 3.63) is 58.1 Å². The highest BCUT2D eigenvalue weighted by Crippen LogP contribution is 2.35. The van der Waals surface area contributed by atoms with Crippen LogP contribution >= 0.6 is 7.60 Å². The first kappa shape index (κ1) is 19.5. The number of rotatable bonds is 7. The van der Waals surface area contributed by atoms with Crippen LogP contribution in [0.15, 0.2) is 30.3 Å². The monoisotopic (exact) mass is 364 g/mol. The summed E-state index contributed by atoms with van der Waals surface area (Å²) in [6.07, 6.45) is 1.72. The fourth-order valence-electron chi connectivity index (χ4n) is 2.90. The molecule has 2 aromatic carbocycles. The number of ether oxygens (including phenoxy) is 1. The quantitative estimate of drug-likeness (QED) is 0.648. The van der Waals surface area contributed by atoms with Gasteiger partial charge in [0.05, 0.1) is 0 Å². The number of benzene rings is 2. The standard InChI is InChI=1S/C19H25O5P/c1-4-15-10-17(24-12-25(21,22)23)11-16(5-2)18(15)9-14-6-7-19(20)13(3)8-14/h6-8,10-11,20H,4-5,9,12H2,1-3H3,(H2,21,22,23). The third-order valence-corrected chi connectivity index (χ3v) is 4.68. The molecule has 2 aromatic rings. The lowest BCUT2D eigenvalue weighted by molar-refractivity contribution is 0.300. The average molecular weight is 364 g/mol. The summed E-state index contributed by atoms with van der Waals surface area (Å²) in [5.41, 5.74) is 5.37. The maximum atomic E-state index is 11.0. The van der Waals surface area contributed by atoms with Crippen molar-refractivity contribution in [3.8, 4) is 11.5 Å². The molecule has 136 valence electrons. The van der Waals surface area contributed by atoms with E-state index < -0.39 is 13.9 Å². The Kier molecular flexibility index (Phi) is 6.28. The van der Waals surface area contributed by atoms with Gasteiger partial charge in [0.2, 0.25) is 0 Å². The minimum absolute atomic E-state index is 0.288. The van der Waals surface area contributed by atoms with Crippen LogP contribution in [-0.2, 0) is 23.8 Å². The first-order chi connectivity index (χ1) is 11.7. The molecule has 0 fully saturated rings. The van der Waals surface area contributed by atoms with Crippen molar-refractivity contribution >= 4 is 7.60 Å². The normalized spacial score (nSPS) is 11.6. The molecule has 0 saturated heterocycles. The summed E-state index contributed by atoms with van der Waals surface area (Å²) in [5.74, 6) is 0.777. The van der Waals surface area contributed by atoms with Crippen LogP contribution < -0.4 is 4.74 Å². The van der Waals surface area contributed by atoms with E-state index in [0.717, 1.165) is 41.5 Å². The Hall–Kier alpha value is -1.81. The number of hydrogen-bond donors (Lipinski definition) is 3. The van der Waals surface area contributed by atoms with Gasteiger partial charge in [0.25, 0.3) is 0 Å². The fraction of sp³-hybridized carbons (Fsp3) is 0.368. The summed E-state index contributed by atoms with van der Waals surface area (Å²) in [5, 5.41) is 9.69. The fourth-order valence-corrected chi connectivity index (χ4v) is 3.21. The Morgan fingerprint density at radius 3 is 2.12 bits per heavy atom. The van der Waals surface area contributed by atoms with Crippen LogP contribution in [0.3, 0.4) is 0 Å². The zero-order valence-electron chi connectivity index (χ0n) is 14.8. The smallest absolute Gasteiger partial charge is 0.362 e. The Balaban J connectivity index is 2.36. The number of aromatic hydroxyl groups is 1. The van der Waals surface area contributed by atoms with Crippen LogP contribution in [0, 0.1) is 6.92 Å². The van der Waals surface area contributed by atoms with Crippen molar-refractivity contribution in [1.29, 1.82) is 0 Å². The summed E-state index contributed by atoms with van der Waals surface area (Å²) in [4.78, 5) is 18.0. The third kappa shape index (κ3) is 5.33. The lowest BCUT2D eigenvalue weighted by Gasteiger charge is -2.17. The molecule has 2 rings (SSSR count). The Labute approximate surface area is 148 Å². The van der Waals surface area contributed by atoms with Crippen molar-refractivity contribution < 1.29 is 24.2 Å². The van der Waals surface area contributed by atoms with Gasteiger partial charge in [0, 0.05) is 0 Å². The second-order valence-corrected chi connectivity index (χ2v) is 7.75. The molecule has 0 bridgehead atoms. The van der Waals surface area contributed by atoms with Gasteiger partial charge in [0.15, 0.2) is 6.35 Å². The lowest BCUT2D eigenvalue weighted by Crippen LogP contribution is -2.04. The molecule has 0 heterocycles. The van der Waals surface area contributed by atoms with Crippen LogP contribution in [0.1, 0.15) is 41.7 Å². The molecule has 0 aromatic heterocycles. The number of phenolic OH excluding ortho intramolecular Hbond substituents is 1. The van der Waals surface area contributed by atoms with Gasteiger partial charge in [-0.1, -0.05) is 26.0 Å². The number of aryl methyl sites for hydroxylation is 3. The molecule has 25 heavy (non-hydrogen) atoms. The van der Waals surface area contributed by atoms with E-state index in [9.17, 15) is 9.67 Å². The van der Waals surface area contributed by atoms with Crippen molar-refractivity contribution in [2.45, 2.75) is 40.0 Å². The summed E-state index contributed by atoms with van der Waals surface area (Å²) >= 11 is 0. The van der Waals surface area contributed by atoms with Gasteiger partial charge >= 0.3 is 7.60 Å². The predicted octanol–water partition coefficient (Wildman–Crippen LogP) is 3.93. The molecule has 0 aliphatic heterocycles. The van der Waals surface area contributed by atoms with E-state index in [2.05, 4.69) is 0 Å². The lowest BCUT2D eigenvalue weighted by atomic mass is 9.91. The molecule has 0 amide bonds. The Bertz CT molecular complexity index is 769. The highest BCUT2D eigenvalue weighted by molar-refractivity contribution is 7.51. The van der Waals surface area contributed by atoms with Gasteiger partial charge in [0.1, 0.15) is 11.5 Å². The van der Waals surface area contributed by atoms with E-state index in [1.54, 1.807) is 6.07 Å². The third-order valence-electron chi connectivity index (χ3n) is 4.21. The average Bonchev–Trinajstić information content (AvgIpc) is 2.56. The van der Waals surface area contributed by atoms with Gasteiger partial charge in [-0.05, 0) is 72.2 Å². The molecular formula is C19H25O5P. The van der Waals surface area contributed by atoms with E-state index >= 15 is 0 Å². The number of phenols is 1. The molecule has 6 heteroatoms. The highest BCUT2D eigenvalue weighted by atomic mass is 31.2. The van der Waals surface area contributed by atoms with E-state index in [1.807, 2.05) is 45.0 Å². The second-order valence-electron chi connectivity index (χ2n) is 6.16. The van der Waals surface area contributed by atoms with E-state index in [0.29, 0.717) is 5.75 Å². The number of hydrogen-bond acceptors (Lipinski definition) is 3. The topological polar surface area (TPSA) is 87.0 Å². The van der Waals surface area contributed by atoms with Crippen LogP contribution in [-0.4, -0.2) is 21.2 Å². The van der Waals surface area contributed by atoms with Gasteiger partial charge < -0.3 is 19.6 Å². The van der Waals surface area contributed by atoms with Gasteiger partial charge in [-0.3, -0.25) is 4.57 Å². The maximum absolute atomic E-state index is 11.0. The van der Waals surface area contributed by atoms with Crippen molar-refractivity contribution in [3.63, 3.8) is 0 Å². The molecule has 0 atom stereocenters. The van der Waals surface area contributed by atoms with E-state index in [4.69, 9.17) is 14.5 Å². The molecule has 0 saturated carbocycles. The molecule has 0 aliphatic rings. The Morgan fingerprint density at radius 2 is 1.64 bits per heavy atom. The summed E-state index contributed by atoms with van der Waals surface area (Å²) in [6, 6.07) is 9.32. The summed E-state index contributed by atoms with van der Waals surface area (Å²) in [6.45, 7) is 5.97.